The number of methoxy groups -OCH3 is 1. The molecule has 1 aromatic rings. The maximum absolute atomic E-state index is 12.5. The summed E-state index contributed by atoms with van der Waals surface area (Å²) in [5.41, 5.74) is 2.67. The Morgan fingerprint density at radius 1 is 1.38 bits per heavy atom. The van der Waals surface area contributed by atoms with Crippen molar-refractivity contribution in [1.82, 2.24) is 10.2 Å². The topological polar surface area (TPSA) is 128 Å². The fourth-order valence-corrected chi connectivity index (χ4v) is 4.14. The molecule has 3 N–H and O–H groups in total. The Bertz CT molecular complexity index is 1040. The van der Waals surface area contributed by atoms with Gasteiger partial charge >= 0.3 is 6.03 Å². The van der Waals surface area contributed by atoms with E-state index in [1.165, 1.54) is 24.1 Å². The Morgan fingerprint density at radius 3 is 2.69 bits per heavy atom. The molecule has 3 amide bonds. The van der Waals surface area contributed by atoms with Crippen LogP contribution in [0.2, 0.25) is 0 Å². The van der Waals surface area contributed by atoms with E-state index in [1.54, 1.807) is 6.08 Å². The minimum absolute atomic E-state index is 0.0767. The predicted molar refractivity (Wildman–Crippen MR) is 106 cm³/mol. The summed E-state index contributed by atoms with van der Waals surface area (Å²) >= 11 is 0. The number of fused-ring (bicyclic) bond motifs is 1. The zero-order chi connectivity index (χ0) is 21.3. The van der Waals surface area contributed by atoms with Gasteiger partial charge in [-0.15, -0.1) is 0 Å². The van der Waals surface area contributed by atoms with Crippen molar-refractivity contribution in [1.29, 1.82) is 0 Å². The maximum Gasteiger partial charge on any atom is 0.324 e. The third-order valence-electron chi connectivity index (χ3n) is 4.93. The highest BCUT2D eigenvalue weighted by molar-refractivity contribution is 7.89. The monoisotopic (exact) mass is 421 g/mol. The number of nitrogens with one attached hydrogen (secondary N) is 1. The lowest BCUT2D eigenvalue weighted by Gasteiger charge is -2.22. The lowest BCUT2D eigenvalue weighted by Crippen LogP contribution is -2.42. The third-order valence-corrected chi connectivity index (χ3v) is 5.86. The van der Waals surface area contributed by atoms with E-state index in [0.29, 0.717) is 28.9 Å². The highest BCUT2D eigenvalue weighted by Gasteiger charge is 2.31. The number of sulfonamides is 1. The average molecular weight is 421 g/mol. The Labute approximate surface area is 169 Å². The summed E-state index contributed by atoms with van der Waals surface area (Å²) in [6.45, 7) is 4.32. The first-order valence-corrected chi connectivity index (χ1v) is 10.6. The second-order valence-electron chi connectivity index (χ2n) is 6.75. The van der Waals surface area contributed by atoms with Crippen LogP contribution in [0.4, 0.5) is 4.79 Å². The Kier molecular flexibility index (Phi) is 5.67. The lowest BCUT2D eigenvalue weighted by molar-refractivity contribution is -0.123. The number of hydrogen-bond acceptors (Lipinski definition) is 6. The van der Waals surface area contributed by atoms with Crippen LogP contribution in [-0.4, -0.2) is 52.1 Å². The van der Waals surface area contributed by atoms with Gasteiger partial charge in [0.1, 0.15) is 23.0 Å². The van der Waals surface area contributed by atoms with Crippen LogP contribution < -0.4 is 19.9 Å². The van der Waals surface area contributed by atoms with Gasteiger partial charge in [-0.1, -0.05) is 6.92 Å². The van der Waals surface area contributed by atoms with Crippen molar-refractivity contribution in [2.45, 2.75) is 25.2 Å². The van der Waals surface area contributed by atoms with Gasteiger partial charge in [-0.25, -0.2) is 18.4 Å². The van der Waals surface area contributed by atoms with Gasteiger partial charge in [0.05, 0.1) is 13.7 Å². The minimum atomic E-state index is -4.02. The van der Waals surface area contributed by atoms with Crippen LogP contribution in [0.5, 0.6) is 11.5 Å². The van der Waals surface area contributed by atoms with Crippen molar-refractivity contribution in [3.63, 3.8) is 0 Å². The molecule has 1 aromatic carbocycles. The molecule has 0 radical (unpaired) electrons. The van der Waals surface area contributed by atoms with Crippen molar-refractivity contribution in [3.8, 4) is 11.5 Å². The van der Waals surface area contributed by atoms with Crippen LogP contribution >= 0.6 is 0 Å². The Morgan fingerprint density at radius 2 is 2.10 bits per heavy atom. The standard InChI is InChI=1S/C19H23N3O6S/c1-4-13-11(2)10-22(18(13)23)19(24)21-9-12-5-6-28-15-8-16(27-3)17(7-14(12)15)29(20,25)26/h5,7-8H,4,6,9-10H2,1-3H3,(H,21,24)(H2,20,25,26). The molecule has 10 heteroatoms. The van der Waals surface area contributed by atoms with Crippen molar-refractivity contribution in [2.24, 2.45) is 5.14 Å². The van der Waals surface area contributed by atoms with E-state index in [2.05, 4.69) is 5.32 Å². The smallest absolute Gasteiger partial charge is 0.324 e. The summed E-state index contributed by atoms with van der Waals surface area (Å²) in [4.78, 5) is 25.8. The van der Waals surface area contributed by atoms with Gasteiger partial charge in [0, 0.05) is 23.7 Å². The maximum atomic E-state index is 12.5. The number of imide groups is 1. The lowest BCUT2D eigenvalue weighted by atomic mass is 10.0. The van der Waals surface area contributed by atoms with E-state index in [0.717, 1.165) is 5.57 Å². The molecule has 29 heavy (non-hydrogen) atoms. The second-order valence-corrected chi connectivity index (χ2v) is 8.28. The number of carbonyl (C=O) groups is 2. The van der Waals surface area contributed by atoms with Gasteiger partial charge in [0.2, 0.25) is 10.0 Å². The number of rotatable bonds is 5. The number of hydrogen-bond donors (Lipinski definition) is 2. The molecule has 0 bridgehead atoms. The van der Waals surface area contributed by atoms with Crippen molar-refractivity contribution < 1.29 is 27.5 Å². The molecule has 2 aliphatic rings. The number of benzene rings is 1. The minimum Gasteiger partial charge on any atom is -0.495 e. The quantitative estimate of drug-likeness (QED) is 0.740. The van der Waals surface area contributed by atoms with Crippen molar-refractivity contribution in [3.05, 3.63) is 34.9 Å². The fourth-order valence-electron chi connectivity index (χ4n) is 3.44. The van der Waals surface area contributed by atoms with Crippen LogP contribution in [-0.2, 0) is 14.8 Å². The number of ether oxygens (including phenoxy) is 2. The number of urea groups is 1. The van der Waals surface area contributed by atoms with Crippen LogP contribution in [0.1, 0.15) is 25.8 Å². The van der Waals surface area contributed by atoms with Gasteiger partial charge in [-0.2, -0.15) is 0 Å². The third kappa shape index (κ3) is 3.99. The first-order chi connectivity index (χ1) is 13.7. The molecular weight excluding hydrogens is 398 g/mol. The van der Waals surface area contributed by atoms with Gasteiger partial charge in [-0.05, 0) is 36.6 Å². The Hall–Kier alpha value is -2.85. The molecule has 0 fully saturated rings. The molecule has 0 aromatic heterocycles. The summed E-state index contributed by atoms with van der Waals surface area (Å²) in [6, 6.07) is 2.31. The summed E-state index contributed by atoms with van der Waals surface area (Å²) in [6.07, 6.45) is 2.30. The molecule has 0 spiro atoms. The zero-order valence-electron chi connectivity index (χ0n) is 16.4. The molecule has 2 aliphatic heterocycles. The van der Waals surface area contributed by atoms with E-state index in [9.17, 15) is 18.0 Å². The summed E-state index contributed by atoms with van der Waals surface area (Å²) in [7, 11) is -2.69. The Balaban J connectivity index is 1.80. The van der Waals surface area contributed by atoms with Crippen molar-refractivity contribution >= 4 is 27.5 Å². The molecular formula is C19H23N3O6S. The molecule has 0 atom stereocenters. The van der Waals surface area contributed by atoms with Gasteiger partial charge in [-0.3, -0.25) is 9.69 Å². The van der Waals surface area contributed by atoms with E-state index in [-0.39, 0.29) is 36.2 Å². The number of nitrogens with two attached hydrogens (primary N) is 1. The molecule has 2 heterocycles. The summed E-state index contributed by atoms with van der Waals surface area (Å²) < 4.78 is 34.4. The van der Waals surface area contributed by atoms with Crippen molar-refractivity contribution in [2.75, 3.05) is 26.8 Å². The SMILES string of the molecule is CCC1=C(C)CN(C(=O)NCC2=CCOc3cc(OC)c(S(N)(=O)=O)cc32)C1=O. The second kappa shape index (κ2) is 7.88. The highest BCUT2D eigenvalue weighted by Crippen LogP contribution is 2.37. The van der Waals surface area contributed by atoms with Gasteiger partial charge in [0.25, 0.3) is 5.91 Å². The number of amides is 3. The molecule has 0 saturated carbocycles. The molecule has 0 saturated heterocycles. The number of carbonyl (C=O) groups excluding carboxylic acids is 2. The molecule has 156 valence electrons. The normalized spacial score (nSPS) is 16.3. The zero-order valence-corrected chi connectivity index (χ0v) is 17.3. The van der Waals surface area contributed by atoms with Crippen LogP contribution in [0.3, 0.4) is 0 Å². The largest absolute Gasteiger partial charge is 0.495 e. The van der Waals surface area contributed by atoms with Crippen LogP contribution in [0.25, 0.3) is 5.57 Å². The van der Waals surface area contributed by atoms with Gasteiger partial charge < -0.3 is 14.8 Å². The predicted octanol–water partition coefficient (Wildman–Crippen LogP) is 1.40. The van der Waals surface area contributed by atoms with E-state index in [1.807, 2.05) is 13.8 Å². The molecule has 0 aliphatic carbocycles. The molecule has 3 rings (SSSR count). The first kappa shape index (κ1) is 20.9. The summed E-state index contributed by atoms with van der Waals surface area (Å²) in [5, 5.41) is 8.01. The van der Waals surface area contributed by atoms with Crippen LogP contribution in [0.15, 0.2) is 34.3 Å². The average Bonchev–Trinajstić information content (AvgIpc) is 2.97. The van der Waals surface area contributed by atoms with Gasteiger partial charge in [0.15, 0.2) is 0 Å². The number of nitrogens with zero attached hydrogens (tertiary/aromatic N) is 1. The summed E-state index contributed by atoms with van der Waals surface area (Å²) in [5.74, 6) is 0.210. The number of primary sulfonamides is 1. The van der Waals surface area contributed by atoms with E-state index in [4.69, 9.17) is 14.6 Å². The van der Waals surface area contributed by atoms with E-state index >= 15 is 0 Å². The first-order valence-electron chi connectivity index (χ1n) is 9.02. The van der Waals surface area contributed by atoms with Crippen LogP contribution in [0, 0.1) is 0 Å². The fraction of sp³-hybridized carbons (Fsp3) is 0.368. The van der Waals surface area contributed by atoms with E-state index < -0.39 is 16.1 Å². The highest BCUT2D eigenvalue weighted by atomic mass is 32.2. The molecule has 9 nitrogen and oxygen atoms in total. The molecule has 0 unspecified atom stereocenters.